The van der Waals surface area contributed by atoms with Crippen LogP contribution in [0.5, 0.6) is 0 Å². The summed E-state index contributed by atoms with van der Waals surface area (Å²) in [5, 5.41) is 3.92. The number of aromatic nitrogens is 1. The maximum absolute atomic E-state index is 12.1. The number of benzene rings is 1. The van der Waals surface area contributed by atoms with Crippen LogP contribution in [0.4, 0.5) is 0 Å². The highest BCUT2D eigenvalue weighted by Gasteiger charge is 2.19. The highest BCUT2D eigenvalue weighted by molar-refractivity contribution is 7.97. The third kappa shape index (κ3) is 4.94. The van der Waals surface area contributed by atoms with Gasteiger partial charge in [0.15, 0.2) is 5.78 Å². The molecule has 0 bridgehead atoms. The quantitative estimate of drug-likeness (QED) is 0.681. The summed E-state index contributed by atoms with van der Waals surface area (Å²) >= 11 is 1.76. The molecule has 1 aliphatic heterocycles. The van der Waals surface area contributed by atoms with Crippen LogP contribution in [-0.4, -0.2) is 24.2 Å². The lowest BCUT2D eigenvalue weighted by Crippen LogP contribution is -2.05. The Morgan fingerprint density at radius 2 is 2.13 bits per heavy atom. The molecule has 3 rings (SSSR count). The Morgan fingerprint density at radius 3 is 2.91 bits per heavy atom. The summed E-state index contributed by atoms with van der Waals surface area (Å²) in [6.45, 7) is 1.61. The molecule has 0 amide bonds. The summed E-state index contributed by atoms with van der Waals surface area (Å²) < 4.78 is 10.6. The van der Waals surface area contributed by atoms with E-state index >= 15 is 0 Å². The van der Waals surface area contributed by atoms with Gasteiger partial charge in [-0.25, -0.2) is 0 Å². The topological polar surface area (TPSA) is 52.3 Å². The maximum atomic E-state index is 12.1. The number of thioether (sulfide) groups is 1. The number of hydrogen-bond donors (Lipinski definition) is 0. The van der Waals surface area contributed by atoms with Crippen LogP contribution in [-0.2, 0) is 16.2 Å². The van der Waals surface area contributed by atoms with Crippen LogP contribution in [0.2, 0.25) is 0 Å². The van der Waals surface area contributed by atoms with Crippen molar-refractivity contribution >= 4 is 17.5 Å². The fourth-order valence-electron chi connectivity index (χ4n) is 2.63. The van der Waals surface area contributed by atoms with Gasteiger partial charge in [-0.3, -0.25) is 4.79 Å². The molecule has 23 heavy (non-hydrogen) atoms. The lowest BCUT2D eigenvalue weighted by Gasteiger charge is -2.04. The molecule has 0 aliphatic carbocycles. The third-order valence-corrected chi connectivity index (χ3v) is 5.03. The van der Waals surface area contributed by atoms with E-state index < -0.39 is 0 Å². The Hall–Kier alpha value is -1.59. The van der Waals surface area contributed by atoms with Crippen molar-refractivity contribution in [1.29, 1.82) is 0 Å². The van der Waals surface area contributed by atoms with Crippen molar-refractivity contribution in [2.24, 2.45) is 5.92 Å². The van der Waals surface area contributed by atoms with Gasteiger partial charge in [0.1, 0.15) is 11.5 Å². The zero-order chi connectivity index (χ0) is 15.9. The minimum Gasteiger partial charge on any atom is -0.381 e. The second-order valence-corrected chi connectivity index (χ2v) is 6.83. The highest BCUT2D eigenvalue weighted by Crippen LogP contribution is 2.21. The van der Waals surface area contributed by atoms with Gasteiger partial charge in [0.05, 0.1) is 5.75 Å². The molecule has 4 nitrogen and oxygen atoms in total. The average molecular weight is 331 g/mol. The number of nitrogens with zero attached hydrogens (tertiary/aromatic N) is 1. The second kappa shape index (κ2) is 8.31. The Bertz CT molecular complexity index is 620. The molecule has 1 aromatic carbocycles. The van der Waals surface area contributed by atoms with E-state index in [-0.39, 0.29) is 5.78 Å². The normalized spacial score (nSPS) is 17.5. The lowest BCUT2D eigenvalue weighted by molar-refractivity contribution is 0.0962. The maximum Gasteiger partial charge on any atom is 0.184 e. The molecule has 1 aromatic heterocycles. The summed E-state index contributed by atoms with van der Waals surface area (Å²) in [6, 6.07) is 12.1. The summed E-state index contributed by atoms with van der Waals surface area (Å²) in [5.74, 6) is 3.00. The average Bonchev–Trinajstić information content (AvgIpc) is 3.25. The smallest absolute Gasteiger partial charge is 0.184 e. The van der Waals surface area contributed by atoms with E-state index in [2.05, 4.69) is 17.3 Å². The van der Waals surface area contributed by atoms with Crippen molar-refractivity contribution in [3.05, 3.63) is 53.4 Å². The van der Waals surface area contributed by atoms with E-state index in [0.717, 1.165) is 43.3 Å². The Kier molecular flexibility index (Phi) is 5.88. The Balaban J connectivity index is 1.42. The van der Waals surface area contributed by atoms with E-state index in [1.165, 1.54) is 5.56 Å². The van der Waals surface area contributed by atoms with Crippen LogP contribution in [0.25, 0.3) is 0 Å². The van der Waals surface area contributed by atoms with Crippen LogP contribution in [0.3, 0.4) is 0 Å². The molecule has 0 radical (unpaired) electrons. The molecule has 2 aromatic rings. The third-order valence-electron chi connectivity index (χ3n) is 4.00. The summed E-state index contributed by atoms with van der Waals surface area (Å²) in [7, 11) is 0. The Labute approximate surface area is 140 Å². The summed E-state index contributed by atoms with van der Waals surface area (Å²) in [6.07, 6.45) is 2.47. The summed E-state index contributed by atoms with van der Waals surface area (Å²) in [4.78, 5) is 12.1. The van der Waals surface area contributed by atoms with Crippen molar-refractivity contribution in [2.75, 3.05) is 13.2 Å². The van der Waals surface area contributed by atoms with Crippen molar-refractivity contribution in [1.82, 2.24) is 5.16 Å². The monoisotopic (exact) mass is 331 g/mol. The van der Waals surface area contributed by atoms with Gasteiger partial charge in [-0.2, -0.15) is 0 Å². The predicted molar refractivity (Wildman–Crippen MR) is 90.4 cm³/mol. The largest absolute Gasteiger partial charge is 0.381 e. The summed E-state index contributed by atoms with van der Waals surface area (Å²) in [5.41, 5.74) is 1.74. The van der Waals surface area contributed by atoms with Gasteiger partial charge in [0, 0.05) is 31.5 Å². The number of ether oxygens (including phenoxy) is 1. The second-order valence-electron chi connectivity index (χ2n) is 5.85. The molecule has 2 heterocycles. The number of rotatable bonds is 8. The van der Waals surface area contributed by atoms with Crippen LogP contribution in [0, 0.1) is 5.92 Å². The van der Waals surface area contributed by atoms with E-state index in [0.29, 0.717) is 18.0 Å². The van der Waals surface area contributed by atoms with E-state index in [4.69, 9.17) is 9.26 Å². The molecule has 122 valence electrons. The van der Waals surface area contributed by atoms with Crippen molar-refractivity contribution in [3.63, 3.8) is 0 Å². The van der Waals surface area contributed by atoms with Gasteiger partial charge < -0.3 is 9.26 Å². The first-order valence-electron chi connectivity index (χ1n) is 7.99. The first-order valence-corrected chi connectivity index (χ1v) is 9.15. The van der Waals surface area contributed by atoms with Gasteiger partial charge in [-0.15, -0.1) is 11.8 Å². The van der Waals surface area contributed by atoms with Crippen LogP contribution in [0.15, 0.2) is 40.9 Å². The molecular formula is C18H21NO3S. The van der Waals surface area contributed by atoms with Crippen molar-refractivity contribution in [3.8, 4) is 0 Å². The molecular weight excluding hydrogens is 310 g/mol. The van der Waals surface area contributed by atoms with Gasteiger partial charge in [-0.05, 0) is 24.3 Å². The standard InChI is InChI=1S/C18H21NO3S/c20-18(7-6-14-8-9-21-11-14)17-10-16(22-19-17)13-23-12-15-4-2-1-3-5-15/h1-5,10,14H,6-9,11-13H2. The fraction of sp³-hybridized carbons (Fsp3) is 0.444. The van der Waals surface area contributed by atoms with Gasteiger partial charge in [0.2, 0.25) is 0 Å². The first-order chi connectivity index (χ1) is 11.3. The van der Waals surface area contributed by atoms with Gasteiger partial charge in [-0.1, -0.05) is 35.5 Å². The lowest BCUT2D eigenvalue weighted by atomic mass is 10.00. The van der Waals surface area contributed by atoms with Crippen molar-refractivity contribution in [2.45, 2.75) is 30.8 Å². The SMILES string of the molecule is O=C(CCC1CCOC1)c1cc(CSCc2ccccc2)on1. The Morgan fingerprint density at radius 1 is 1.26 bits per heavy atom. The minimum atomic E-state index is 0.0694. The zero-order valence-corrected chi connectivity index (χ0v) is 13.9. The van der Waals surface area contributed by atoms with Gasteiger partial charge >= 0.3 is 0 Å². The highest BCUT2D eigenvalue weighted by atomic mass is 32.2. The number of carbonyl (C=O) groups excluding carboxylic acids is 1. The van der Waals surface area contributed by atoms with E-state index in [1.807, 2.05) is 18.2 Å². The predicted octanol–water partition coefficient (Wildman–Crippen LogP) is 4.11. The molecule has 5 heteroatoms. The number of Topliss-reactive ketones (excluding diaryl/α,β-unsaturated/α-hetero) is 1. The first kappa shape index (κ1) is 16.3. The van der Waals surface area contributed by atoms with Crippen LogP contribution in [0.1, 0.15) is 41.1 Å². The van der Waals surface area contributed by atoms with Crippen LogP contribution >= 0.6 is 11.8 Å². The fourth-order valence-corrected chi connectivity index (χ4v) is 3.50. The molecule has 0 saturated carbocycles. The van der Waals surface area contributed by atoms with Crippen molar-refractivity contribution < 1.29 is 14.1 Å². The van der Waals surface area contributed by atoms with E-state index in [1.54, 1.807) is 17.8 Å². The molecule has 0 spiro atoms. The molecule has 0 N–H and O–H groups in total. The molecule has 1 atom stereocenters. The minimum absolute atomic E-state index is 0.0694. The zero-order valence-electron chi connectivity index (χ0n) is 13.1. The number of carbonyl (C=O) groups is 1. The van der Waals surface area contributed by atoms with Crippen LogP contribution < -0.4 is 0 Å². The molecule has 1 saturated heterocycles. The van der Waals surface area contributed by atoms with Gasteiger partial charge in [0.25, 0.3) is 0 Å². The van der Waals surface area contributed by atoms with E-state index in [9.17, 15) is 4.79 Å². The number of ketones is 1. The molecule has 1 aliphatic rings. The molecule has 1 fully saturated rings. The molecule has 1 unspecified atom stereocenters. The number of hydrogen-bond acceptors (Lipinski definition) is 5.